The van der Waals surface area contributed by atoms with Gasteiger partial charge in [0.05, 0.1) is 10.0 Å². The molecule has 1 nitrogen and oxygen atoms in total. The Morgan fingerprint density at radius 3 is 2.83 bits per heavy atom. The Bertz CT molecular complexity index is 323. The molecule has 0 fully saturated rings. The van der Waals surface area contributed by atoms with Crippen LogP contribution >= 0.6 is 23.2 Å². The molecule has 0 heterocycles. The number of aryl methyl sites for hydroxylation is 1. The molecule has 2 rings (SSSR count). The van der Waals surface area contributed by atoms with Crippen molar-refractivity contribution in [2.45, 2.75) is 18.9 Å². The van der Waals surface area contributed by atoms with Gasteiger partial charge in [0.25, 0.3) is 0 Å². The molecule has 0 amide bonds. The van der Waals surface area contributed by atoms with Gasteiger partial charge in [-0.25, -0.2) is 0 Å². The summed E-state index contributed by atoms with van der Waals surface area (Å²) in [6.07, 6.45) is 2.00. The van der Waals surface area contributed by atoms with Gasteiger partial charge in [0.2, 0.25) is 0 Å². The van der Waals surface area contributed by atoms with Gasteiger partial charge in [-0.3, -0.25) is 0 Å². The van der Waals surface area contributed by atoms with E-state index in [4.69, 9.17) is 28.9 Å². The topological polar surface area (TPSA) is 26.0 Å². The summed E-state index contributed by atoms with van der Waals surface area (Å²) in [4.78, 5) is 0. The van der Waals surface area contributed by atoms with Gasteiger partial charge >= 0.3 is 0 Å². The third-order valence-corrected chi connectivity index (χ3v) is 3.14. The third kappa shape index (κ3) is 1.13. The first-order valence-corrected chi connectivity index (χ1v) is 4.68. The molecule has 0 aliphatic heterocycles. The fourth-order valence-electron chi connectivity index (χ4n) is 1.68. The van der Waals surface area contributed by atoms with E-state index in [2.05, 4.69) is 0 Å². The Labute approximate surface area is 81.5 Å². The van der Waals surface area contributed by atoms with E-state index in [0.29, 0.717) is 10.0 Å². The lowest BCUT2D eigenvalue weighted by Crippen LogP contribution is -2.05. The second-order valence-electron chi connectivity index (χ2n) is 3.08. The molecule has 3 heteroatoms. The molecule has 2 N–H and O–H groups in total. The van der Waals surface area contributed by atoms with E-state index in [9.17, 15) is 0 Å². The van der Waals surface area contributed by atoms with Gasteiger partial charge in [-0.2, -0.15) is 0 Å². The summed E-state index contributed by atoms with van der Waals surface area (Å²) < 4.78 is 0. The minimum absolute atomic E-state index is 0.0752. The predicted molar refractivity (Wildman–Crippen MR) is 51.7 cm³/mol. The molecule has 0 radical (unpaired) electrons. The van der Waals surface area contributed by atoms with E-state index in [0.717, 1.165) is 18.4 Å². The SMILES string of the molecule is NC1CCc2ccc(Cl)c(Cl)c21. The second-order valence-corrected chi connectivity index (χ2v) is 3.86. The molecule has 12 heavy (non-hydrogen) atoms. The summed E-state index contributed by atoms with van der Waals surface area (Å²) in [5.74, 6) is 0. The van der Waals surface area contributed by atoms with E-state index in [1.807, 2.05) is 12.1 Å². The van der Waals surface area contributed by atoms with Crippen LogP contribution in [0.1, 0.15) is 23.6 Å². The van der Waals surface area contributed by atoms with Crippen molar-refractivity contribution < 1.29 is 0 Å². The highest BCUT2D eigenvalue weighted by atomic mass is 35.5. The van der Waals surface area contributed by atoms with E-state index in [1.165, 1.54) is 5.56 Å². The number of rotatable bonds is 0. The Balaban J connectivity index is 2.63. The molecular weight excluding hydrogens is 193 g/mol. The summed E-state index contributed by atoms with van der Waals surface area (Å²) >= 11 is 11.9. The lowest BCUT2D eigenvalue weighted by atomic mass is 10.1. The summed E-state index contributed by atoms with van der Waals surface area (Å²) in [5, 5.41) is 1.24. The molecule has 0 saturated heterocycles. The van der Waals surface area contributed by atoms with Crippen molar-refractivity contribution in [3.8, 4) is 0 Å². The van der Waals surface area contributed by atoms with E-state index < -0.39 is 0 Å². The van der Waals surface area contributed by atoms with Gasteiger partial charge in [-0.15, -0.1) is 0 Å². The first-order valence-electron chi connectivity index (χ1n) is 3.92. The van der Waals surface area contributed by atoms with Gasteiger partial charge in [0.1, 0.15) is 0 Å². The van der Waals surface area contributed by atoms with Crippen LogP contribution in [-0.2, 0) is 6.42 Å². The first kappa shape index (κ1) is 8.36. The Morgan fingerprint density at radius 2 is 2.08 bits per heavy atom. The quantitative estimate of drug-likeness (QED) is 0.687. The van der Waals surface area contributed by atoms with Crippen LogP contribution < -0.4 is 5.73 Å². The van der Waals surface area contributed by atoms with E-state index in [1.54, 1.807) is 0 Å². The maximum atomic E-state index is 6.02. The van der Waals surface area contributed by atoms with Crippen molar-refractivity contribution in [2.24, 2.45) is 5.73 Å². The van der Waals surface area contributed by atoms with Crippen LogP contribution in [0.15, 0.2) is 12.1 Å². The highest BCUT2D eigenvalue weighted by Gasteiger charge is 2.22. The van der Waals surface area contributed by atoms with Gasteiger partial charge < -0.3 is 5.73 Å². The molecule has 64 valence electrons. The maximum Gasteiger partial charge on any atom is 0.0642 e. The number of fused-ring (bicyclic) bond motifs is 1. The minimum atomic E-state index is 0.0752. The highest BCUT2D eigenvalue weighted by Crippen LogP contribution is 2.38. The van der Waals surface area contributed by atoms with Crippen LogP contribution in [-0.4, -0.2) is 0 Å². The predicted octanol–water partition coefficient (Wildman–Crippen LogP) is 2.94. The standard InChI is InChI=1S/C9H9Cl2N/c10-6-3-1-5-2-4-7(12)8(5)9(6)11/h1,3,7H,2,4,12H2. The van der Waals surface area contributed by atoms with Crippen molar-refractivity contribution in [1.29, 1.82) is 0 Å². The van der Waals surface area contributed by atoms with Crippen molar-refractivity contribution in [3.63, 3.8) is 0 Å². The molecule has 0 saturated carbocycles. The monoisotopic (exact) mass is 201 g/mol. The fourth-order valence-corrected chi connectivity index (χ4v) is 2.17. The third-order valence-electron chi connectivity index (χ3n) is 2.32. The zero-order valence-corrected chi connectivity index (χ0v) is 7.99. The summed E-state index contributed by atoms with van der Waals surface area (Å²) in [5.41, 5.74) is 8.17. The molecular formula is C9H9Cl2N. The largest absolute Gasteiger partial charge is 0.324 e. The maximum absolute atomic E-state index is 6.02. The van der Waals surface area contributed by atoms with E-state index >= 15 is 0 Å². The van der Waals surface area contributed by atoms with Crippen molar-refractivity contribution >= 4 is 23.2 Å². The molecule has 1 unspecified atom stereocenters. The normalized spacial score (nSPS) is 21.1. The number of benzene rings is 1. The Morgan fingerprint density at radius 1 is 1.33 bits per heavy atom. The van der Waals surface area contributed by atoms with Crippen LogP contribution in [0.4, 0.5) is 0 Å². The van der Waals surface area contributed by atoms with Crippen LogP contribution in [0.5, 0.6) is 0 Å². The van der Waals surface area contributed by atoms with Gasteiger partial charge in [0.15, 0.2) is 0 Å². The number of nitrogens with two attached hydrogens (primary N) is 1. The molecule has 1 aliphatic rings. The lowest BCUT2D eigenvalue weighted by molar-refractivity contribution is 0.713. The van der Waals surface area contributed by atoms with Crippen LogP contribution in [0.25, 0.3) is 0 Å². The summed E-state index contributed by atoms with van der Waals surface area (Å²) in [7, 11) is 0. The molecule has 0 bridgehead atoms. The summed E-state index contributed by atoms with van der Waals surface area (Å²) in [6, 6.07) is 3.92. The van der Waals surface area contributed by atoms with Crippen LogP contribution in [0.2, 0.25) is 10.0 Å². The number of halogens is 2. The fraction of sp³-hybridized carbons (Fsp3) is 0.333. The molecule has 0 spiro atoms. The smallest absolute Gasteiger partial charge is 0.0642 e. The van der Waals surface area contributed by atoms with Crippen LogP contribution in [0, 0.1) is 0 Å². The average Bonchev–Trinajstić information content (AvgIpc) is 2.41. The highest BCUT2D eigenvalue weighted by molar-refractivity contribution is 6.42. The number of hydrogen-bond donors (Lipinski definition) is 1. The molecule has 1 aliphatic carbocycles. The molecule has 1 atom stereocenters. The second kappa shape index (κ2) is 2.91. The van der Waals surface area contributed by atoms with Crippen molar-refractivity contribution in [1.82, 2.24) is 0 Å². The average molecular weight is 202 g/mol. The van der Waals surface area contributed by atoms with Crippen molar-refractivity contribution in [3.05, 3.63) is 33.3 Å². The Kier molecular flexibility index (Phi) is 2.03. The van der Waals surface area contributed by atoms with Gasteiger partial charge in [-0.05, 0) is 30.0 Å². The lowest BCUT2D eigenvalue weighted by Gasteiger charge is -2.07. The van der Waals surface area contributed by atoms with E-state index in [-0.39, 0.29) is 6.04 Å². The van der Waals surface area contributed by atoms with Gasteiger partial charge in [0, 0.05) is 6.04 Å². The minimum Gasteiger partial charge on any atom is -0.324 e. The molecule has 1 aromatic carbocycles. The Hall–Kier alpha value is -0.240. The zero-order chi connectivity index (χ0) is 8.72. The molecule has 0 aromatic heterocycles. The summed E-state index contributed by atoms with van der Waals surface area (Å²) in [6.45, 7) is 0. The van der Waals surface area contributed by atoms with Gasteiger partial charge in [-0.1, -0.05) is 29.3 Å². The first-order chi connectivity index (χ1) is 5.70. The zero-order valence-electron chi connectivity index (χ0n) is 6.48. The molecule has 1 aromatic rings. The van der Waals surface area contributed by atoms with Crippen LogP contribution in [0.3, 0.4) is 0 Å². The number of hydrogen-bond acceptors (Lipinski definition) is 1. The van der Waals surface area contributed by atoms with Crippen molar-refractivity contribution in [2.75, 3.05) is 0 Å².